The molecule has 0 saturated heterocycles. The van der Waals surface area contributed by atoms with Gasteiger partial charge in [0.05, 0.1) is 25.3 Å². The van der Waals surface area contributed by atoms with Crippen LogP contribution in [0, 0.1) is 0 Å². The number of nitrogens with zero attached hydrogens (tertiary/aromatic N) is 1. The molecule has 2 heterocycles. The van der Waals surface area contributed by atoms with Gasteiger partial charge in [-0.2, -0.15) is 0 Å². The number of benzene rings is 1. The number of methoxy groups -OCH3 is 2. The number of H-pyrrole nitrogens is 1. The van der Waals surface area contributed by atoms with Gasteiger partial charge in [0.2, 0.25) is 6.20 Å². The monoisotopic (exact) mass is 461 g/mol. The van der Waals surface area contributed by atoms with Crippen LogP contribution >= 0.6 is 0 Å². The van der Waals surface area contributed by atoms with E-state index in [0.717, 1.165) is 18.7 Å². The third-order valence-corrected chi connectivity index (χ3v) is 6.82. The Morgan fingerprint density at radius 1 is 1.03 bits per heavy atom. The van der Waals surface area contributed by atoms with E-state index in [1.807, 2.05) is 6.92 Å². The van der Waals surface area contributed by atoms with Crippen LogP contribution in [0.2, 0.25) is 0 Å². The summed E-state index contributed by atoms with van der Waals surface area (Å²) >= 11 is 0. The molecular weight excluding hydrogens is 436 g/mol. The largest absolute Gasteiger partial charge is 0.506 e. The summed E-state index contributed by atoms with van der Waals surface area (Å²) < 4.78 is 37.8. The minimum atomic E-state index is -4.60. The van der Waals surface area contributed by atoms with Crippen LogP contribution in [0.3, 0.4) is 0 Å². The summed E-state index contributed by atoms with van der Waals surface area (Å²) in [4.78, 5) is 14.6. The molecule has 0 saturated carbocycles. The molecule has 0 radical (unpaired) electrons. The summed E-state index contributed by atoms with van der Waals surface area (Å²) in [5, 5.41) is 20.7. The number of pyridine rings is 2. The third kappa shape index (κ3) is 4.01. The highest BCUT2D eigenvalue weighted by Crippen LogP contribution is 2.45. The van der Waals surface area contributed by atoms with E-state index in [-0.39, 0.29) is 5.56 Å². The fourth-order valence-electron chi connectivity index (χ4n) is 3.51. The third-order valence-electron chi connectivity index (χ3n) is 5.03. The standard InChI is InChI=1S/C22H24N2O7S/c1-4-5-9-14-18(19-15(30-2)10-8-11-16(19)31-3)20(25)21(22(26)23-14)32(28,29)17-12-6-7-13-24(17)27/h6-8,10-13H,4-5,9H2,1-3H3,(H2-,23,25,26,27)/p+1. The van der Waals surface area contributed by atoms with E-state index in [2.05, 4.69) is 4.98 Å². The predicted octanol–water partition coefficient (Wildman–Crippen LogP) is 2.46. The zero-order valence-corrected chi connectivity index (χ0v) is 18.8. The Morgan fingerprint density at radius 3 is 2.25 bits per heavy atom. The number of unbranched alkanes of at least 4 members (excludes halogenated alkanes) is 1. The molecule has 0 atom stereocenters. The van der Waals surface area contributed by atoms with Gasteiger partial charge >= 0.3 is 5.03 Å². The van der Waals surface area contributed by atoms with Crippen molar-refractivity contribution in [1.29, 1.82) is 0 Å². The molecule has 0 amide bonds. The van der Waals surface area contributed by atoms with Crippen molar-refractivity contribution in [2.45, 2.75) is 36.1 Å². The Balaban J connectivity index is 2.44. The van der Waals surface area contributed by atoms with Crippen LogP contribution in [0.25, 0.3) is 11.1 Å². The summed E-state index contributed by atoms with van der Waals surface area (Å²) in [6.07, 6.45) is 2.97. The lowest BCUT2D eigenvalue weighted by Crippen LogP contribution is -2.37. The highest BCUT2D eigenvalue weighted by Gasteiger charge is 2.37. The Kier molecular flexibility index (Phi) is 6.73. The molecule has 3 aromatic rings. The van der Waals surface area contributed by atoms with Gasteiger partial charge in [-0.1, -0.05) is 19.4 Å². The number of aryl methyl sites for hydroxylation is 1. The molecule has 0 aliphatic rings. The van der Waals surface area contributed by atoms with Crippen LogP contribution in [0.5, 0.6) is 17.2 Å². The second kappa shape index (κ2) is 9.31. The molecule has 0 bridgehead atoms. The number of rotatable bonds is 8. The lowest BCUT2D eigenvalue weighted by Gasteiger charge is -2.18. The first-order valence-electron chi connectivity index (χ1n) is 9.92. The van der Waals surface area contributed by atoms with E-state index in [1.165, 1.54) is 26.4 Å². The molecule has 170 valence electrons. The quantitative estimate of drug-likeness (QED) is 0.347. The second-order valence-corrected chi connectivity index (χ2v) is 8.85. The van der Waals surface area contributed by atoms with Gasteiger partial charge in [-0.25, -0.2) is 8.42 Å². The first-order valence-corrected chi connectivity index (χ1v) is 11.4. The van der Waals surface area contributed by atoms with Gasteiger partial charge in [-0.3, -0.25) is 10.0 Å². The van der Waals surface area contributed by atoms with Crippen LogP contribution in [0.4, 0.5) is 0 Å². The Morgan fingerprint density at radius 2 is 1.69 bits per heavy atom. The van der Waals surface area contributed by atoms with Crippen molar-refractivity contribution in [1.82, 2.24) is 4.98 Å². The van der Waals surface area contributed by atoms with Gasteiger partial charge < -0.3 is 19.6 Å². The van der Waals surface area contributed by atoms with E-state index >= 15 is 0 Å². The maximum Gasteiger partial charge on any atom is 0.352 e. The highest BCUT2D eigenvalue weighted by molar-refractivity contribution is 7.91. The van der Waals surface area contributed by atoms with E-state index in [0.29, 0.717) is 40.3 Å². The maximum atomic E-state index is 13.3. The summed E-state index contributed by atoms with van der Waals surface area (Å²) in [6.45, 7) is 1.97. The number of aromatic hydroxyl groups is 1. The molecule has 9 nitrogen and oxygen atoms in total. The van der Waals surface area contributed by atoms with Gasteiger partial charge in [0.1, 0.15) is 17.2 Å². The number of sulfone groups is 1. The highest BCUT2D eigenvalue weighted by atomic mass is 32.2. The van der Waals surface area contributed by atoms with Crippen molar-refractivity contribution < 1.29 is 32.9 Å². The molecule has 0 aliphatic heterocycles. The fraction of sp³-hybridized carbons (Fsp3) is 0.273. The molecule has 3 rings (SSSR count). The van der Waals surface area contributed by atoms with Crippen molar-refractivity contribution in [2.75, 3.05) is 14.2 Å². The first-order chi connectivity index (χ1) is 15.3. The normalized spacial score (nSPS) is 11.3. The first kappa shape index (κ1) is 23.1. The zero-order chi connectivity index (χ0) is 23.5. The zero-order valence-electron chi connectivity index (χ0n) is 18.0. The number of aromatic nitrogens is 2. The number of hydrogen-bond acceptors (Lipinski definition) is 7. The number of hydrogen-bond donors (Lipinski definition) is 3. The van der Waals surface area contributed by atoms with Crippen molar-refractivity contribution in [2.24, 2.45) is 0 Å². The molecule has 0 unspecified atom stereocenters. The molecule has 32 heavy (non-hydrogen) atoms. The Hall–Kier alpha value is -3.53. The molecular formula is C22H25N2O7S+. The van der Waals surface area contributed by atoms with Crippen LogP contribution in [0.15, 0.2) is 57.3 Å². The van der Waals surface area contributed by atoms with Gasteiger partial charge in [0.25, 0.3) is 15.4 Å². The second-order valence-electron chi connectivity index (χ2n) is 7.01. The smallest absolute Gasteiger partial charge is 0.352 e. The van der Waals surface area contributed by atoms with Gasteiger partial charge in [0.15, 0.2) is 4.90 Å². The average molecular weight is 462 g/mol. The summed E-state index contributed by atoms with van der Waals surface area (Å²) in [6, 6.07) is 8.90. The SMILES string of the molecule is CCCCc1[nH]c(=O)c(S(=O)(=O)c2cccc[n+]2O)c(O)c1-c1c(OC)cccc1OC. The molecule has 1 aromatic carbocycles. The van der Waals surface area contributed by atoms with Crippen molar-refractivity contribution in [3.05, 3.63) is 58.6 Å². The van der Waals surface area contributed by atoms with Crippen molar-refractivity contribution in [3.8, 4) is 28.4 Å². The average Bonchev–Trinajstić information content (AvgIpc) is 2.77. The number of nitrogens with one attached hydrogen (secondary N) is 1. The van der Waals surface area contributed by atoms with Crippen LogP contribution in [-0.4, -0.2) is 37.9 Å². The van der Waals surface area contributed by atoms with E-state index in [1.54, 1.807) is 18.2 Å². The van der Waals surface area contributed by atoms with Crippen LogP contribution < -0.4 is 19.8 Å². The van der Waals surface area contributed by atoms with Crippen molar-refractivity contribution >= 4 is 9.84 Å². The lowest BCUT2D eigenvalue weighted by atomic mass is 9.98. The van der Waals surface area contributed by atoms with E-state index in [4.69, 9.17) is 9.47 Å². The summed E-state index contributed by atoms with van der Waals surface area (Å²) in [5.41, 5.74) is -0.249. The van der Waals surface area contributed by atoms with Crippen LogP contribution in [-0.2, 0) is 16.3 Å². The summed E-state index contributed by atoms with van der Waals surface area (Å²) in [7, 11) is -1.73. The minimum Gasteiger partial charge on any atom is -0.506 e. The van der Waals surface area contributed by atoms with Crippen LogP contribution in [0.1, 0.15) is 25.5 Å². The predicted molar refractivity (Wildman–Crippen MR) is 115 cm³/mol. The molecule has 3 N–H and O–H groups in total. The van der Waals surface area contributed by atoms with Crippen molar-refractivity contribution in [3.63, 3.8) is 0 Å². The van der Waals surface area contributed by atoms with E-state index < -0.39 is 31.1 Å². The Labute approximate surface area is 185 Å². The fourth-order valence-corrected chi connectivity index (χ4v) is 4.94. The Bertz CT molecular complexity index is 1280. The van der Waals surface area contributed by atoms with Gasteiger partial charge in [-0.15, -0.1) is 0 Å². The van der Waals surface area contributed by atoms with Gasteiger partial charge in [-0.05, 0) is 31.0 Å². The number of ether oxygens (including phenoxy) is 2. The minimum absolute atomic E-state index is 0.0892. The molecule has 2 aromatic heterocycles. The maximum absolute atomic E-state index is 13.3. The molecule has 0 fully saturated rings. The molecule has 0 aliphatic carbocycles. The van der Waals surface area contributed by atoms with Gasteiger partial charge in [0, 0.05) is 22.6 Å². The number of aromatic amines is 1. The topological polar surface area (TPSA) is 130 Å². The molecule has 0 spiro atoms. The lowest BCUT2D eigenvalue weighted by molar-refractivity contribution is -0.933. The molecule has 10 heteroatoms. The summed E-state index contributed by atoms with van der Waals surface area (Å²) in [5.74, 6) is -0.0963. The van der Waals surface area contributed by atoms with E-state index in [9.17, 15) is 23.5 Å².